The van der Waals surface area contributed by atoms with E-state index in [0.717, 1.165) is 11.1 Å². The number of carbonyl (C=O) groups is 1. The van der Waals surface area contributed by atoms with Crippen molar-refractivity contribution < 1.29 is 4.79 Å². The van der Waals surface area contributed by atoms with Crippen LogP contribution in [0.15, 0.2) is 35.9 Å². The Balaban J connectivity index is 2.69. The average molecular weight is 280 g/mol. The first kappa shape index (κ1) is 15.8. The summed E-state index contributed by atoms with van der Waals surface area (Å²) in [7, 11) is 1.82. The molecule has 1 rings (SSSR count). The van der Waals surface area contributed by atoms with Crippen LogP contribution in [0.3, 0.4) is 0 Å². The van der Waals surface area contributed by atoms with Crippen molar-refractivity contribution in [3.63, 3.8) is 0 Å². The number of hydrogen-bond acceptors (Lipinski definition) is 1. The number of nitrogens with zero attached hydrogens (tertiary/aromatic N) is 1. The van der Waals surface area contributed by atoms with Crippen molar-refractivity contribution in [2.45, 2.75) is 20.8 Å². The van der Waals surface area contributed by atoms with Gasteiger partial charge in [-0.05, 0) is 26.3 Å². The molecule has 0 aliphatic rings. The van der Waals surface area contributed by atoms with Gasteiger partial charge in [-0.3, -0.25) is 4.79 Å². The maximum absolute atomic E-state index is 12.2. The largest absolute Gasteiger partial charge is 0.341 e. The van der Waals surface area contributed by atoms with Gasteiger partial charge in [-0.15, -0.1) is 11.6 Å². The molecule has 3 heteroatoms. The summed E-state index contributed by atoms with van der Waals surface area (Å²) in [6, 6.07) is 10.1. The van der Waals surface area contributed by atoms with E-state index >= 15 is 0 Å². The van der Waals surface area contributed by atoms with Gasteiger partial charge in [0.2, 0.25) is 5.91 Å². The number of likely N-dealkylation sites (N-methyl/N-ethyl adjacent to an activating group) is 1. The molecule has 1 aromatic carbocycles. The van der Waals surface area contributed by atoms with Gasteiger partial charge in [0.1, 0.15) is 0 Å². The van der Waals surface area contributed by atoms with Crippen LogP contribution in [0.4, 0.5) is 0 Å². The molecule has 0 N–H and O–H groups in total. The maximum Gasteiger partial charge on any atom is 0.229 e. The Morgan fingerprint density at radius 1 is 1.32 bits per heavy atom. The zero-order chi connectivity index (χ0) is 14.5. The second-order valence-corrected chi connectivity index (χ2v) is 5.85. The Morgan fingerprint density at radius 2 is 1.89 bits per heavy atom. The first-order valence-corrected chi connectivity index (χ1v) is 6.94. The smallest absolute Gasteiger partial charge is 0.229 e. The van der Waals surface area contributed by atoms with Gasteiger partial charge in [0.15, 0.2) is 0 Å². The molecule has 1 amide bonds. The van der Waals surface area contributed by atoms with E-state index in [-0.39, 0.29) is 5.91 Å². The Hall–Kier alpha value is -1.28. The predicted octanol–water partition coefficient (Wildman–Crippen LogP) is 3.81. The van der Waals surface area contributed by atoms with Gasteiger partial charge in [-0.25, -0.2) is 0 Å². The lowest BCUT2D eigenvalue weighted by Gasteiger charge is -2.27. The summed E-state index contributed by atoms with van der Waals surface area (Å²) in [5.74, 6) is 0.403. The molecular weight excluding hydrogens is 258 g/mol. The zero-order valence-corrected chi connectivity index (χ0v) is 12.9. The van der Waals surface area contributed by atoms with E-state index in [0.29, 0.717) is 12.4 Å². The fraction of sp³-hybridized carbons (Fsp3) is 0.438. The number of rotatable bonds is 5. The minimum Gasteiger partial charge on any atom is -0.341 e. The molecule has 0 aliphatic carbocycles. The van der Waals surface area contributed by atoms with E-state index in [9.17, 15) is 4.79 Å². The third-order valence-electron chi connectivity index (χ3n) is 2.96. The summed E-state index contributed by atoms with van der Waals surface area (Å²) in [5, 5.41) is 0. The number of halogens is 1. The SMILES string of the molecule is C/C(=C\c1ccccc1)CN(C)C(=O)C(C)(C)CCl. The Labute approximate surface area is 121 Å². The highest BCUT2D eigenvalue weighted by atomic mass is 35.5. The minimum atomic E-state index is -0.511. The Kier molecular flexibility index (Phi) is 5.61. The molecule has 0 bridgehead atoms. The van der Waals surface area contributed by atoms with Crippen molar-refractivity contribution in [1.82, 2.24) is 4.90 Å². The van der Waals surface area contributed by atoms with Crippen LogP contribution in [-0.2, 0) is 4.79 Å². The second-order valence-electron chi connectivity index (χ2n) is 5.58. The molecule has 0 fully saturated rings. The predicted molar refractivity (Wildman–Crippen MR) is 82.2 cm³/mol. The lowest BCUT2D eigenvalue weighted by Crippen LogP contribution is -2.40. The number of benzene rings is 1. The summed E-state index contributed by atoms with van der Waals surface area (Å²) in [6.45, 7) is 6.39. The van der Waals surface area contributed by atoms with Crippen molar-refractivity contribution in [2.24, 2.45) is 5.41 Å². The monoisotopic (exact) mass is 279 g/mol. The van der Waals surface area contributed by atoms with Gasteiger partial charge in [-0.2, -0.15) is 0 Å². The topological polar surface area (TPSA) is 20.3 Å². The normalized spacial score (nSPS) is 12.4. The quantitative estimate of drug-likeness (QED) is 0.751. The number of alkyl halides is 1. The molecule has 0 atom stereocenters. The van der Waals surface area contributed by atoms with E-state index in [1.165, 1.54) is 0 Å². The van der Waals surface area contributed by atoms with Crippen LogP contribution >= 0.6 is 11.6 Å². The van der Waals surface area contributed by atoms with Crippen LogP contribution in [0.25, 0.3) is 6.08 Å². The maximum atomic E-state index is 12.2. The molecule has 2 nitrogen and oxygen atoms in total. The third-order valence-corrected chi connectivity index (χ3v) is 3.63. The number of amides is 1. The molecule has 0 aromatic heterocycles. The fourth-order valence-corrected chi connectivity index (χ4v) is 2.01. The highest BCUT2D eigenvalue weighted by molar-refractivity contribution is 6.19. The summed E-state index contributed by atoms with van der Waals surface area (Å²) >= 11 is 5.84. The lowest BCUT2D eigenvalue weighted by molar-refractivity contribution is -0.137. The van der Waals surface area contributed by atoms with Gasteiger partial charge in [0.25, 0.3) is 0 Å². The minimum absolute atomic E-state index is 0.0725. The summed E-state index contributed by atoms with van der Waals surface area (Å²) in [5.41, 5.74) is 1.79. The first-order chi connectivity index (χ1) is 8.86. The van der Waals surface area contributed by atoms with Crippen molar-refractivity contribution in [3.05, 3.63) is 41.5 Å². The Morgan fingerprint density at radius 3 is 2.42 bits per heavy atom. The highest BCUT2D eigenvalue weighted by Crippen LogP contribution is 2.20. The van der Waals surface area contributed by atoms with E-state index in [1.54, 1.807) is 4.90 Å². The van der Waals surface area contributed by atoms with Crippen molar-refractivity contribution >= 4 is 23.6 Å². The van der Waals surface area contributed by atoms with Gasteiger partial charge in [-0.1, -0.05) is 42.0 Å². The second kappa shape index (κ2) is 6.76. The van der Waals surface area contributed by atoms with Crippen molar-refractivity contribution in [2.75, 3.05) is 19.5 Å². The number of hydrogen-bond donors (Lipinski definition) is 0. The Bertz CT molecular complexity index is 451. The standard InChI is InChI=1S/C16H22ClNO/c1-13(10-14-8-6-5-7-9-14)11-18(4)15(19)16(2,3)12-17/h5-10H,11-12H2,1-4H3/b13-10+. The molecule has 104 valence electrons. The molecule has 0 saturated heterocycles. The van der Waals surface area contributed by atoms with Crippen LogP contribution in [0.5, 0.6) is 0 Å². The van der Waals surface area contributed by atoms with Crippen molar-refractivity contribution in [1.29, 1.82) is 0 Å². The van der Waals surface area contributed by atoms with E-state index in [4.69, 9.17) is 11.6 Å². The van der Waals surface area contributed by atoms with Gasteiger partial charge in [0.05, 0.1) is 5.41 Å². The van der Waals surface area contributed by atoms with Crippen LogP contribution in [0, 0.1) is 5.41 Å². The van der Waals surface area contributed by atoms with E-state index in [2.05, 4.69) is 6.08 Å². The van der Waals surface area contributed by atoms with Gasteiger partial charge in [0, 0.05) is 19.5 Å². The molecule has 0 heterocycles. The van der Waals surface area contributed by atoms with Crippen LogP contribution in [-0.4, -0.2) is 30.3 Å². The van der Waals surface area contributed by atoms with Gasteiger partial charge >= 0.3 is 0 Å². The molecule has 0 aliphatic heterocycles. The first-order valence-electron chi connectivity index (χ1n) is 6.40. The van der Waals surface area contributed by atoms with E-state index in [1.807, 2.05) is 58.2 Å². The highest BCUT2D eigenvalue weighted by Gasteiger charge is 2.29. The summed E-state index contributed by atoms with van der Waals surface area (Å²) < 4.78 is 0. The average Bonchev–Trinajstić information content (AvgIpc) is 2.38. The molecule has 0 spiro atoms. The summed E-state index contributed by atoms with van der Waals surface area (Å²) in [4.78, 5) is 13.9. The molecule has 19 heavy (non-hydrogen) atoms. The molecule has 1 aromatic rings. The van der Waals surface area contributed by atoms with Crippen LogP contribution in [0.2, 0.25) is 0 Å². The summed E-state index contributed by atoms with van der Waals surface area (Å²) in [6.07, 6.45) is 2.09. The van der Waals surface area contributed by atoms with Crippen molar-refractivity contribution in [3.8, 4) is 0 Å². The van der Waals surface area contributed by atoms with Crippen LogP contribution < -0.4 is 0 Å². The molecule has 0 radical (unpaired) electrons. The van der Waals surface area contributed by atoms with Crippen LogP contribution in [0.1, 0.15) is 26.3 Å². The van der Waals surface area contributed by atoms with Gasteiger partial charge < -0.3 is 4.90 Å². The zero-order valence-electron chi connectivity index (χ0n) is 12.1. The lowest BCUT2D eigenvalue weighted by atomic mass is 9.94. The molecular formula is C16H22ClNO. The fourth-order valence-electron chi connectivity index (χ4n) is 1.90. The molecule has 0 unspecified atom stereocenters. The molecule has 0 saturated carbocycles. The number of carbonyl (C=O) groups excluding carboxylic acids is 1. The third kappa shape index (κ3) is 4.71. The van der Waals surface area contributed by atoms with E-state index < -0.39 is 5.41 Å².